The molecule has 0 bridgehead atoms. The third-order valence-electron chi connectivity index (χ3n) is 1.98. The molecule has 1 fully saturated rings. The minimum atomic E-state index is -0.992. The van der Waals surface area contributed by atoms with Crippen LogP contribution in [0.3, 0.4) is 0 Å². The van der Waals surface area contributed by atoms with E-state index in [0.29, 0.717) is 0 Å². The molecule has 1 aliphatic rings. The molecule has 1 rings (SSSR count). The number of rotatable bonds is 0. The topological polar surface area (TPSA) is 102 Å². The third-order valence-corrected chi connectivity index (χ3v) is 1.98. The van der Waals surface area contributed by atoms with E-state index in [9.17, 15) is 10.2 Å². The van der Waals surface area contributed by atoms with Gasteiger partial charge >= 0.3 is 0 Å². The first-order chi connectivity index (χ1) is 5.04. The molecule has 0 aromatic rings. The Bertz CT molecular complexity index is 130. The number of hydrogen-bond donors (Lipinski definition) is 4. The van der Waals surface area contributed by atoms with Gasteiger partial charge in [0.1, 0.15) is 18.4 Å². The quantitative estimate of drug-likeness (QED) is 0.322. The van der Waals surface area contributed by atoms with Gasteiger partial charge in [0.2, 0.25) is 0 Å². The molecular formula is C6H14N2O3. The van der Waals surface area contributed by atoms with Crippen molar-refractivity contribution < 1.29 is 14.9 Å². The largest absolute Gasteiger partial charge is 0.389 e. The van der Waals surface area contributed by atoms with E-state index in [2.05, 4.69) is 0 Å². The van der Waals surface area contributed by atoms with Crippen LogP contribution in [0, 0.1) is 0 Å². The lowest BCUT2D eigenvalue weighted by Gasteiger charge is -2.38. The van der Waals surface area contributed by atoms with Gasteiger partial charge in [0.15, 0.2) is 0 Å². The SMILES string of the molecule is C[C@H]1O[C@@H](N)[C@H](N)[C@@H](O)[C@@H]1O. The second-order valence-corrected chi connectivity index (χ2v) is 2.86. The predicted octanol–water partition coefficient (Wildman–Crippen LogP) is -2.26. The summed E-state index contributed by atoms with van der Waals surface area (Å²) in [5.41, 5.74) is 10.8. The number of aliphatic hydroxyl groups excluding tert-OH is 2. The summed E-state index contributed by atoms with van der Waals surface area (Å²) in [6.07, 6.45) is -3.08. The zero-order valence-corrected chi connectivity index (χ0v) is 6.34. The highest BCUT2D eigenvalue weighted by atomic mass is 16.5. The van der Waals surface area contributed by atoms with Crippen LogP contribution in [-0.2, 0) is 4.74 Å². The molecule has 0 saturated carbocycles. The van der Waals surface area contributed by atoms with Crippen LogP contribution in [0.2, 0.25) is 0 Å². The molecule has 0 aromatic carbocycles. The summed E-state index contributed by atoms with van der Waals surface area (Å²) < 4.78 is 5.02. The molecule has 5 nitrogen and oxygen atoms in total. The minimum absolute atomic E-state index is 0.459. The van der Waals surface area contributed by atoms with Crippen LogP contribution in [0.25, 0.3) is 0 Å². The van der Waals surface area contributed by atoms with Gasteiger partial charge in [-0.15, -0.1) is 0 Å². The summed E-state index contributed by atoms with van der Waals surface area (Å²) >= 11 is 0. The van der Waals surface area contributed by atoms with Crippen molar-refractivity contribution in [2.24, 2.45) is 11.5 Å². The van der Waals surface area contributed by atoms with Gasteiger partial charge in [-0.25, -0.2) is 0 Å². The zero-order chi connectivity index (χ0) is 8.59. The molecule has 0 aromatic heterocycles. The molecule has 5 atom stereocenters. The molecule has 0 spiro atoms. The fourth-order valence-corrected chi connectivity index (χ4v) is 1.12. The van der Waals surface area contributed by atoms with E-state index in [0.717, 1.165) is 0 Å². The lowest BCUT2D eigenvalue weighted by atomic mass is 9.98. The Kier molecular flexibility index (Phi) is 2.46. The third kappa shape index (κ3) is 1.52. The van der Waals surface area contributed by atoms with E-state index in [4.69, 9.17) is 16.2 Å². The smallest absolute Gasteiger partial charge is 0.124 e. The van der Waals surface area contributed by atoms with Crippen molar-refractivity contribution in [3.05, 3.63) is 0 Å². The standard InChI is InChI=1S/C6H14N2O3/c1-2-4(9)5(10)3(7)6(8)11-2/h2-6,9-10H,7-8H2,1H3/t2-,3-,4-,5-,6-/m1/s1. The maximum Gasteiger partial charge on any atom is 0.124 e. The first kappa shape index (κ1) is 8.89. The highest BCUT2D eigenvalue weighted by Gasteiger charge is 2.38. The fourth-order valence-electron chi connectivity index (χ4n) is 1.12. The highest BCUT2D eigenvalue weighted by molar-refractivity contribution is 4.90. The van der Waals surface area contributed by atoms with Crippen molar-refractivity contribution in [3.63, 3.8) is 0 Å². The molecule has 0 radical (unpaired) electrons. The average Bonchev–Trinajstić information content (AvgIpc) is 1.97. The first-order valence-corrected chi connectivity index (χ1v) is 3.57. The van der Waals surface area contributed by atoms with E-state index >= 15 is 0 Å². The van der Waals surface area contributed by atoms with Crippen LogP contribution in [0.4, 0.5) is 0 Å². The van der Waals surface area contributed by atoms with Crippen LogP contribution in [0.15, 0.2) is 0 Å². The van der Waals surface area contributed by atoms with E-state index in [1.807, 2.05) is 0 Å². The van der Waals surface area contributed by atoms with Crippen LogP contribution in [0.5, 0.6) is 0 Å². The molecule has 5 heteroatoms. The summed E-state index contributed by atoms with van der Waals surface area (Å²) in [5.74, 6) is 0. The summed E-state index contributed by atoms with van der Waals surface area (Å²) in [7, 11) is 0. The maximum absolute atomic E-state index is 9.25. The fraction of sp³-hybridized carbons (Fsp3) is 1.00. The van der Waals surface area contributed by atoms with Gasteiger partial charge in [-0.3, -0.25) is 0 Å². The monoisotopic (exact) mass is 162 g/mol. The molecule has 0 aliphatic carbocycles. The van der Waals surface area contributed by atoms with E-state index in [-0.39, 0.29) is 0 Å². The summed E-state index contributed by atoms with van der Waals surface area (Å²) in [5, 5.41) is 18.5. The van der Waals surface area contributed by atoms with Gasteiger partial charge in [-0.2, -0.15) is 0 Å². The molecule has 6 N–H and O–H groups in total. The van der Waals surface area contributed by atoms with E-state index in [1.165, 1.54) is 0 Å². The Hall–Kier alpha value is -0.200. The Morgan fingerprint density at radius 3 is 2.27 bits per heavy atom. The molecule has 1 saturated heterocycles. The van der Waals surface area contributed by atoms with E-state index in [1.54, 1.807) is 6.92 Å². The normalized spacial score (nSPS) is 52.6. The predicted molar refractivity (Wildman–Crippen MR) is 38.5 cm³/mol. The zero-order valence-electron chi connectivity index (χ0n) is 6.34. The van der Waals surface area contributed by atoms with E-state index < -0.39 is 30.6 Å². The molecule has 1 aliphatic heterocycles. The van der Waals surface area contributed by atoms with Crippen LogP contribution in [0.1, 0.15) is 6.92 Å². The molecule has 0 amide bonds. The van der Waals surface area contributed by atoms with Crippen molar-refractivity contribution in [2.75, 3.05) is 0 Å². The number of aliphatic hydroxyl groups is 2. The molecular weight excluding hydrogens is 148 g/mol. The van der Waals surface area contributed by atoms with Crippen molar-refractivity contribution >= 4 is 0 Å². The summed E-state index contributed by atoms with van der Waals surface area (Å²) in [6.45, 7) is 1.64. The van der Waals surface area contributed by atoms with Crippen LogP contribution >= 0.6 is 0 Å². The highest BCUT2D eigenvalue weighted by Crippen LogP contribution is 2.16. The van der Waals surface area contributed by atoms with Crippen molar-refractivity contribution in [1.29, 1.82) is 0 Å². The Morgan fingerprint density at radius 2 is 1.73 bits per heavy atom. The average molecular weight is 162 g/mol. The molecule has 0 unspecified atom stereocenters. The summed E-state index contributed by atoms with van der Waals surface area (Å²) in [4.78, 5) is 0. The minimum Gasteiger partial charge on any atom is -0.389 e. The lowest BCUT2D eigenvalue weighted by molar-refractivity contribution is -0.169. The van der Waals surface area contributed by atoms with Gasteiger partial charge in [-0.05, 0) is 6.92 Å². The molecule has 11 heavy (non-hydrogen) atoms. The lowest BCUT2D eigenvalue weighted by Crippen LogP contribution is -2.63. The molecule has 66 valence electrons. The van der Waals surface area contributed by atoms with Gasteiger partial charge in [0.25, 0.3) is 0 Å². The van der Waals surface area contributed by atoms with Crippen molar-refractivity contribution in [2.45, 2.75) is 37.5 Å². The second kappa shape index (κ2) is 3.04. The van der Waals surface area contributed by atoms with Crippen molar-refractivity contribution in [1.82, 2.24) is 0 Å². The Balaban J connectivity index is 2.63. The van der Waals surface area contributed by atoms with Crippen LogP contribution < -0.4 is 11.5 Å². The first-order valence-electron chi connectivity index (χ1n) is 3.57. The molecule has 1 heterocycles. The second-order valence-electron chi connectivity index (χ2n) is 2.86. The van der Waals surface area contributed by atoms with Gasteiger partial charge < -0.3 is 26.4 Å². The van der Waals surface area contributed by atoms with Crippen molar-refractivity contribution in [3.8, 4) is 0 Å². The van der Waals surface area contributed by atoms with Gasteiger partial charge in [-0.1, -0.05) is 0 Å². The Morgan fingerprint density at radius 1 is 1.18 bits per heavy atom. The van der Waals surface area contributed by atoms with Gasteiger partial charge in [0.05, 0.1) is 12.1 Å². The van der Waals surface area contributed by atoms with Gasteiger partial charge in [0, 0.05) is 0 Å². The Labute approximate surface area is 64.9 Å². The number of hydrogen-bond acceptors (Lipinski definition) is 5. The van der Waals surface area contributed by atoms with Crippen LogP contribution in [-0.4, -0.2) is 40.8 Å². The number of nitrogens with two attached hydrogens (primary N) is 2. The maximum atomic E-state index is 9.25. The summed E-state index contributed by atoms with van der Waals surface area (Å²) in [6, 6.07) is -0.707. The number of ether oxygens (including phenoxy) is 1.